The van der Waals surface area contributed by atoms with Crippen LogP contribution in [0.2, 0.25) is 0 Å². The number of rotatable bonds is 4. The van der Waals surface area contributed by atoms with Crippen LogP contribution in [0.4, 0.5) is 6.01 Å². The molecule has 5 heterocycles. The van der Waals surface area contributed by atoms with Crippen molar-refractivity contribution in [2.75, 3.05) is 5.73 Å². The van der Waals surface area contributed by atoms with Crippen molar-refractivity contribution in [1.82, 2.24) is 9.55 Å². The second-order valence-corrected chi connectivity index (χ2v) is 7.13. The molecular formula is C21H17N3O7. The average Bonchev–Trinajstić information content (AvgIpc) is 3.48. The summed E-state index contributed by atoms with van der Waals surface area (Å²) in [5.41, 5.74) is 5.41. The molecule has 10 heteroatoms. The largest absolute Gasteiger partial charge is 0.468 e. The van der Waals surface area contributed by atoms with Gasteiger partial charge in [-0.3, -0.25) is 0 Å². The van der Waals surface area contributed by atoms with Gasteiger partial charge in [-0.1, -0.05) is 0 Å². The van der Waals surface area contributed by atoms with Crippen LogP contribution in [-0.2, 0) is 9.53 Å². The highest BCUT2D eigenvalue weighted by Gasteiger charge is 2.41. The molecule has 158 valence electrons. The Labute approximate surface area is 173 Å². The van der Waals surface area contributed by atoms with Gasteiger partial charge in [0.2, 0.25) is 11.4 Å². The van der Waals surface area contributed by atoms with Crippen LogP contribution >= 0.6 is 0 Å². The summed E-state index contributed by atoms with van der Waals surface area (Å²) >= 11 is 0. The Morgan fingerprint density at radius 1 is 1.23 bits per heavy atom. The van der Waals surface area contributed by atoms with E-state index in [0.717, 1.165) is 0 Å². The number of carbonyl (C=O) groups is 1. The van der Waals surface area contributed by atoms with Crippen LogP contribution in [0.3, 0.4) is 0 Å². The first-order chi connectivity index (χ1) is 14.9. The van der Waals surface area contributed by atoms with E-state index in [-0.39, 0.29) is 34.1 Å². The number of hydrogen-bond acceptors (Lipinski definition) is 9. The van der Waals surface area contributed by atoms with Gasteiger partial charge >= 0.3 is 11.6 Å². The number of ether oxygens (including phenoxy) is 1. The van der Waals surface area contributed by atoms with E-state index in [2.05, 4.69) is 4.98 Å². The molecule has 1 aliphatic heterocycles. The van der Waals surface area contributed by atoms with E-state index < -0.39 is 23.6 Å². The van der Waals surface area contributed by atoms with Gasteiger partial charge in [0.15, 0.2) is 0 Å². The van der Waals surface area contributed by atoms with E-state index in [1.807, 2.05) is 0 Å². The number of furan rings is 2. The minimum atomic E-state index is -0.848. The van der Waals surface area contributed by atoms with E-state index in [1.54, 1.807) is 38.1 Å². The minimum Gasteiger partial charge on any atom is -0.468 e. The van der Waals surface area contributed by atoms with Crippen LogP contribution in [0.5, 0.6) is 0 Å². The molecule has 0 saturated heterocycles. The van der Waals surface area contributed by atoms with Crippen molar-refractivity contribution in [1.29, 1.82) is 0 Å². The molecule has 0 fully saturated rings. The lowest BCUT2D eigenvalue weighted by atomic mass is 9.91. The third-order valence-electron chi connectivity index (χ3n) is 4.70. The zero-order chi connectivity index (χ0) is 21.7. The molecule has 0 aromatic carbocycles. The summed E-state index contributed by atoms with van der Waals surface area (Å²) in [6.07, 6.45) is 3.99. The second-order valence-electron chi connectivity index (χ2n) is 7.13. The molecule has 4 aromatic rings. The number of nitrogens with zero attached hydrogens (tertiary/aromatic N) is 2. The first-order valence-corrected chi connectivity index (χ1v) is 9.46. The lowest BCUT2D eigenvalue weighted by Gasteiger charge is -2.20. The summed E-state index contributed by atoms with van der Waals surface area (Å²) < 4.78 is 28.8. The van der Waals surface area contributed by atoms with E-state index in [9.17, 15) is 9.59 Å². The molecule has 0 spiro atoms. The molecule has 1 atom stereocenters. The van der Waals surface area contributed by atoms with Gasteiger partial charge in [0, 0.05) is 6.08 Å². The summed E-state index contributed by atoms with van der Waals surface area (Å²) in [7, 11) is 0. The number of oxazole rings is 2. The van der Waals surface area contributed by atoms with Crippen molar-refractivity contribution < 1.29 is 27.2 Å². The highest BCUT2D eigenvalue weighted by molar-refractivity contribution is 6.12. The number of nitrogens with two attached hydrogens (primary N) is 1. The first-order valence-electron chi connectivity index (χ1n) is 9.46. The number of esters is 1. The van der Waals surface area contributed by atoms with Gasteiger partial charge in [0.05, 0.1) is 18.6 Å². The number of fused-ring (bicyclic) bond motifs is 3. The number of anilines is 1. The van der Waals surface area contributed by atoms with Crippen LogP contribution in [-0.4, -0.2) is 21.6 Å². The van der Waals surface area contributed by atoms with Crippen LogP contribution in [0.1, 0.15) is 37.0 Å². The van der Waals surface area contributed by atoms with Gasteiger partial charge < -0.3 is 28.1 Å². The Bertz CT molecular complexity index is 1430. The van der Waals surface area contributed by atoms with Gasteiger partial charge in [0.25, 0.3) is 6.01 Å². The van der Waals surface area contributed by atoms with Crippen LogP contribution in [0.25, 0.3) is 17.5 Å². The minimum absolute atomic E-state index is 0.0423. The Balaban J connectivity index is 1.91. The number of nitrogen functional groups attached to an aromatic ring is 1. The van der Waals surface area contributed by atoms with Crippen molar-refractivity contribution in [2.24, 2.45) is 0 Å². The molecule has 0 bridgehead atoms. The average molecular weight is 423 g/mol. The van der Waals surface area contributed by atoms with Crippen molar-refractivity contribution in [3.63, 3.8) is 0 Å². The maximum absolute atomic E-state index is 13.1. The number of carbonyl (C=O) groups excluding carboxylic acids is 1. The maximum atomic E-state index is 13.1. The van der Waals surface area contributed by atoms with Gasteiger partial charge in [0.1, 0.15) is 34.1 Å². The van der Waals surface area contributed by atoms with Gasteiger partial charge in [-0.15, -0.1) is 0 Å². The van der Waals surface area contributed by atoms with E-state index >= 15 is 0 Å². The van der Waals surface area contributed by atoms with Crippen LogP contribution < -0.4 is 22.3 Å². The molecule has 4 aromatic heterocycles. The zero-order valence-corrected chi connectivity index (χ0v) is 16.5. The Morgan fingerprint density at radius 2 is 2.00 bits per heavy atom. The molecule has 10 nitrogen and oxygen atoms in total. The molecule has 0 unspecified atom stereocenters. The Hall–Kier alpha value is -4.21. The summed E-state index contributed by atoms with van der Waals surface area (Å²) in [5, 5.41) is 0.0649. The summed E-state index contributed by atoms with van der Waals surface area (Å²) in [4.78, 5) is 30.2. The predicted octanol–water partition coefficient (Wildman–Crippen LogP) is 1.26. The summed E-state index contributed by atoms with van der Waals surface area (Å²) in [6.45, 7) is 3.43. The third kappa shape index (κ3) is 3.00. The molecule has 0 amide bonds. The molecule has 5 rings (SSSR count). The lowest BCUT2D eigenvalue weighted by molar-refractivity contribution is -0.140. The normalized spacial score (nSPS) is 15.9. The molecule has 0 saturated carbocycles. The third-order valence-corrected chi connectivity index (χ3v) is 4.70. The summed E-state index contributed by atoms with van der Waals surface area (Å²) in [5.74, 6) is -0.604. The SMILES string of the molecule is CC(C)OC(=O)C1=c2oc(=O)/c(=C\c3ccco3)n2-c2oc(N)nc2[C@@H]1c1ccco1. The van der Waals surface area contributed by atoms with Crippen molar-refractivity contribution >= 4 is 23.6 Å². The monoisotopic (exact) mass is 423 g/mol. The van der Waals surface area contributed by atoms with Gasteiger partial charge in [-0.05, 0) is 38.1 Å². The van der Waals surface area contributed by atoms with Crippen molar-refractivity contribution in [2.45, 2.75) is 25.9 Å². The van der Waals surface area contributed by atoms with E-state index in [4.69, 9.17) is 28.1 Å². The second kappa shape index (κ2) is 6.94. The molecule has 0 aliphatic carbocycles. The van der Waals surface area contributed by atoms with Gasteiger partial charge in [-0.25, -0.2) is 14.2 Å². The Morgan fingerprint density at radius 3 is 2.68 bits per heavy atom. The van der Waals surface area contributed by atoms with Crippen LogP contribution in [0.15, 0.2) is 59.3 Å². The smallest absolute Gasteiger partial charge is 0.362 e. The fourth-order valence-electron chi connectivity index (χ4n) is 3.56. The molecular weight excluding hydrogens is 406 g/mol. The highest BCUT2D eigenvalue weighted by Crippen LogP contribution is 2.38. The Kier molecular flexibility index (Phi) is 4.21. The predicted molar refractivity (Wildman–Crippen MR) is 105 cm³/mol. The fraction of sp³-hybridized carbons (Fsp3) is 0.190. The van der Waals surface area contributed by atoms with E-state index in [0.29, 0.717) is 11.5 Å². The number of hydrogen-bond donors (Lipinski definition) is 1. The summed E-state index contributed by atoms with van der Waals surface area (Å²) in [6, 6.07) is 6.55. The quantitative estimate of drug-likeness (QED) is 0.480. The molecule has 2 N–H and O–H groups in total. The number of aromatic nitrogens is 2. The zero-order valence-electron chi connectivity index (χ0n) is 16.5. The fourth-order valence-corrected chi connectivity index (χ4v) is 3.56. The highest BCUT2D eigenvalue weighted by atomic mass is 16.5. The lowest BCUT2D eigenvalue weighted by Crippen LogP contribution is -2.37. The van der Waals surface area contributed by atoms with Crippen molar-refractivity contribution in [3.8, 4) is 5.88 Å². The van der Waals surface area contributed by atoms with Crippen LogP contribution in [0, 0.1) is 0 Å². The molecule has 1 aliphatic rings. The first kappa shape index (κ1) is 18.8. The van der Waals surface area contributed by atoms with Gasteiger partial charge in [-0.2, -0.15) is 4.98 Å². The standard InChI is InChI=1S/C21H17N3O7/c1-10(2)29-20(26)15-14(13-6-4-8-28-13)16-18(31-21(22)23-16)24-12(19(25)30-17(15)24)9-11-5-3-7-27-11/h3-10,14H,1-2H3,(H2,22,23)/b12-9+/t14-/m1/s1. The van der Waals surface area contributed by atoms with Crippen molar-refractivity contribution in [3.05, 3.63) is 75.3 Å². The van der Waals surface area contributed by atoms with E-state index in [1.165, 1.54) is 23.2 Å². The molecule has 0 radical (unpaired) electrons. The maximum Gasteiger partial charge on any atom is 0.362 e. The molecule has 31 heavy (non-hydrogen) atoms. The topological polar surface area (TPSA) is 140 Å².